The third-order valence-corrected chi connectivity index (χ3v) is 3.95. The van der Waals surface area contributed by atoms with Crippen molar-refractivity contribution in [3.05, 3.63) is 77.6 Å². The lowest BCUT2D eigenvalue weighted by Crippen LogP contribution is -2.16. The van der Waals surface area contributed by atoms with Crippen LogP contribution in [0.4, 0.5) is 0 Å². The quantitative estimate of drug-likeness (QED) is 0.268. The van der Waals surface area contributed by atoms with Crippen molar-refractivity contribution in [3.8, 4) is 0 Å². The lowest BCUT2D eigenvalue weighted by Gasteiger charge is -2.06. The van der Waals surface area contributed by atoms with Gasteiger partial charge in [0.05, 0.1) is 6.26 Å². The maximum Gasteiger partial charge on any atom is 0.267 e. The van der Waals surface area contributed by atoms with E-state index in [0.717, 1.165) is 36.0 Å². The van der Waals surface area contributed by atoms with Gasteiger partial charge in [-0.1, -0.05) is 30.3 Å². The normalized spacial score (nSPS) is 11.2. The number of fused-ring (bicyclic) bond motifs is 1. The largest absolute Gasteiger partial charge is 0.464 e. The molecule has 0 radical (unpaired) electrons. The Labute approximate surface area is 145 Å². The van der Waals surface area contributed by atoms with Crippen molar-refractivity contribution in [1.82, 2.24) is 10.8 Å². The summed E-state index contributed by atoms with van der Waals surface area (Å²) >= 11 is 0. The fraction of sp³-hybridized carbons (Fsp3) is 0.150. The fourth-order valence-electron chi connectivity index (χ4n) is 2.59. The molecule has 3 aromatic rings. The van der Waals surface area contributed by atoms with Crippen molar-refractivity contribution in [1.29, 1.82) is 0 Å². The van der Waals surface area contributed by atoms with E-state index in [9.17, 15) is 4.79 Å². The van der Waals surface area contributed by atoms with E-state index in [4.69, 9.17) is 9.62 Å². The number of hydroxylamine groups is 1. The summed E-state index contributed by atoms with van der Waals surface area (Å²) < 4.78 is 5.35. The van der Waals surface area contributed by atoms with Crippen LogP contribution in [0.25, 0.3) is 17.0 Å². The predicted molar refractivity (Wildman–Crippen MR) is 97.0 cm³/mol. The van der Waals surface area contributed by atoms with Crippen LogP contribution in [0.2, 0.25) is 0 Å². The van der Waals surface area contributed by atoms with E-state index in [1.54, 1.807) is 17.8 Å². The lowest BCUT2D eigenvalue weighted by molar-refractivity contribution is -0.124. The average Bonchev–Trinajstić information content (AvgIpc) is 3.12. The monoisotopic (exact) mass is 336 g/mol. The molecule has 0 aliphatic heterocycles. The van der Waals surface area contributed by atoms with Gasteiger partial charge in [-0.3, -0.25) is 10.0 Å². The molecular weight excluding hydrogens is 316 g/mol. The first-order valence-corrected chi connectivity index (χ1v) is 8.12. The molecule has 0 spiro atoms. The highest BCUT2D eigenvalue weighted by molar-refractivity contribution is 5.90. The first-order valence-electron chi connectivity index (χ1n) is 8.12. The molecule has 0 saturated carbocycles. The zero-order valence-corrected chi connectivity index (χ0v) is 13.7. The van der Waals surface area contributed by atoms with Crippen LogP contribution < -0.4 is 10.8 Å². The first kappa shape index (κ1) is 17.0. The molecule has 0 aliphatic rings. The third kappa shape index (κ3) is 4.79. The van der Waals surface area contributed by atoms with Crippen LogP contribution in [0, 0.1) is 0 Å². The van der Waals surface area contributed by atoms with Crippen LogP contribution >= 0.6 is 0 Å². The SMILES string of the molecule is O=C(/C=C/c1ccc(CNCCc2ccc3occc3c2)cc1)NO. The highest BCUT2D eigenvalue weighted by Crippen LogP contribution is 2.17. The minimum Gasteiger partial charge on any atom is -0.464 e. The summed E-state index contributed by atoms with van der Waals surface area (Å²) in [7, 11) is 0. The number of nitrogens with one attached hydrogen (secondary N) is 2. The van der Waals surface area contributed by atoms with Crippen molar-refractivity contribution in [3.63, 3.8) is 0 Å². The molecule has 5 nitrogen and oxygen atoms in total. The summed E-state index contributed by atoms with van der Waals surface area (Å²) in [5.41, 5.74) is 5.84. The Hall–Kier alpha value is -2.89. The second-order valence-corrected chi connectivity index (χ2v) is 5.77. The Bertz CT molecular complexity index is 866. The molecule has 3 N–H and O–H groups in total. The molecule has 0 atom stereocenters. The zero-order valence-electron chi connectivity index (χ0n) is 13.7. The van der Waals surface area contributed by atoms with E-state index in [2.05, 4.69) is 17.4 Å². The van der Waals surface area contributed by atoms with Crippen LogP contribution in [-0.4, -0.2) is 17.7 Å². The molecule has 0 unspecified atom stereocenters. The van der Waals surface area contributed by atoms with Crippen LogP contribution in [0.5, 0.6) is 0 Å². The summed E-state index contributed by atoms with van der Waals surface area (Å²) in [5, 5.41) is 13.0. The van der Waals surface area contributed by atoms with Gasteiger partial charge in [0.25, 0.3) is 5.91 Å². The topological polar surface area (TPSA) is 74.5 Å². The number of furan rings is 1. The molecule has 0 saturated heterocycles. The minimum atomic E-state index is -0.542. The van der Waals surface area contributed by atoms with Crippen molar-refractivity contribution < 1.29 is 14.4 Å². The summed E-state index contributed by atoms with van der Waals surface area (Å²) in [5.74, 6) is -0.542. The zero-order chi connectivity index (χ0) is 17.5. The molecule has 0 bridgehead atoms. The van der Waals surface area contributed by atoms with Gasteiger partial charge in [-0.15, -0.1) is 0 Å². The van der Waals surface area contributed by atoms with E-state index in [1.165, 1.54) is 17.2 Å². The van der Waals surface area contributed by atoms with Crippen LogP contribution in [0.1, 0.15) is 16.7 Å². The fourth-order valence-corrected chi connectivity index (χ4v) is 2.59. The summed E-state index contributed by atoms with van der Waals surface area (Å²) in [6.07, 6.45) is 5.60. The van der Waals surface area contributed by atoms with Crippen LogP contribution in [0.15, 0.2) is 65.3 Å². The van der Waals surface area contributed by atoms with Gasteiger partial charge in [0, 0.05) is 18.0 Å². The Morgan fingerprint density at radius 3 is 2.68 bits per heavy atom. The molecular formula is C20H20N2O3. The second-order valence-electron chi connectivity index (χ2n) is 5.77. The predicted octanol–water partition coefficient (Wildman–Crippen LogP) is 3.28. The number of benzene rings is 2. The van der Waals surface area contributed by atoms with Gasteiger partial charge in [-0.05, 0) is 53.9 Å². The number of hydrogen-bond acceptors (Lipinski definition) is 4. The molecule has 0 aliphatic carbocycles. The maximum absolute atomic E-state index is 10.9. The van der Waals surface area contributed by atoms with Gasteiger partial charge in [0.1, 0.15) is 5.58 Å². The number of carbonyl (C=O) groups excluding carboxylic acids is 1. The van der Waals surface area contributed by atoms with Crippen molar-refractivity contribution in [2.45, 2.75) is 13.0 Å². The van der Waals surface area contributed by atoms with E-state index in [-0.39, 0.29) is 0 Å². The second kappa shape index (κ2) is 8.28. The summed E-state index contributed by atoms with van der Waals surface area (Å²) in [6, 6.07) is 16.1. The molecule has 5 heteroatoms. The average molecular weight is 336 g/mol. The number of amides is 1. The lowest BCUT2D eigenvalue weighted by atomic mass is 10.1. The Balaban J connectivity index is 1.45. The Kier molecular flexibility index (Phi) is 5.61. The van der Waals surface area contributed by atoms with Crippen LogP contribution in [-0.2, 0) is 17.8 Å². The number of hydrogen-bond donors (Lipinski definition) is 3. The highest BCUT2D eigenvalue weighted by atomic mass is 16.5. The molecule has 2 aromatic carbocycles. The smallest absolute Gasteiger partial charge is 0.267 e. The third-order valence-electron chi connectivity index (χ3n) is 3.95. The summed E-state index contributed by atoms with van der Waals surface area (Å²) in [6.45, 7) is 1.68. The van der Waals surface area contributed by atoms with Crippen molar-refractivity contribution in [2.75, 3.05) is 6.54 Å². The Morgan fingerprint density at radius 2 is 1.88 bits per heavy atom. The molecule has 1 heterocycles. The standard InChI is InChI=1S/C20H20N2O3/c23-20(22-24)8-6-15-1-3-17(4-2-15)14-21-11-9-16-5-7-19-18(13-16)10-12-25-19/h1-8,10,12-13,21,24H,9,11,14H2,(H,22,23)/b8-6+. The van der Waals surface area contributed by atoms with Gasteiger partial charge in [-0.2, -0.15) is 0 Å². The number of rotatable bonds is 7. The molecule has 1 aromatic heterocycles. The molecule has 0 fully saturated rings. The Morgan fingerprint density at radius 1 is 1.08 bits per heavy atom. The molecule has 1 amide bonds. The first-order chi connectivity index (χ1) is 12.2. The van der Waals surface area contributed by atoms with Gasteiger partial charge in [-0.25, -0.2) is 5.48 Å². The van der Waals surface area contributed by atoms with Crippen LogP contribution in [0.3, 0.4) is 0 Å². The van der Waals surface area contributed by atoms with Crippen molar-refractivity contribution in [2.24, 2.45) is 0 Å². The van der Waals surface area contributed by atoms with E-state index in [0.29, 0.717) is 0 Å². The molecule has 3 rings (SSSR count). The summed E-state index contributed by atoms with van der Waals surface area (Å²) in [4.78, 5) is 10.9. The van der Waals surface area contributed by atoms with Gasteiger partial charge in [0.2, 0.25) is 0 Å². The maximum atomic E-state index is 10.9. The van der Waals surface area contributed by atoms with E-state index in [1.807, 2.05) is 36.4 Å². The van der Waals surface area contributed by atoms with Gasteiger partial charge >= 0.3 is 0 Å². The van der Waals surface area contributed by atoms with Gasteiger partial charge in [0.15, 0.2) is 0 Å². The molecule has 25 heavy (non-hydrogen) atoms. The van der Waals surface area contributed by atoms with E-state index >= 15 is 0 Å². The van der Waals surface area contributed by atoms with Gasteiger partial charge < -0.3 is 9.73 Å². The number of carbonyl (C=O) groups is 1. The molecule has 128 valence electrons. The van der Waals surface area contributed by atoms with Crippen molar-refractivity contribution >= 4 is 23.0 Å². The minimum absolute atomic E-state index is 0.542. The highest BCUT2D eigenvalue weighted by Gasteiger charge is 1.99. The van der Waals surface area contributed by atoms with E-state index < -0.39 is 5.91 Å².